The summed E-state index contributed by atoms with van der Waals surface area (Å²) in [6.45, 7) is 0. The molecule has 0 N–H and O–H groups in total. The standard InChI is InChI=1S/C27H15BrN2O2S/c28-22-15-17(14-19(16-29)26-30-23-10-3-4-11-25(23)33-26)12-13-24(22)32-27(31)21-9-5-7-18-6-1-2-8-20(18)21/h1-15H/b19-14-. The summed E-state index contributed by atoms with van der Waals surface area (Å²) in [4.78, 5) is 17.4. The number of benzene rings is 4. The summed E-state index contributed by atoms with van der Waals surface area (Å²) in [7, 11) is 0. The molecular weight excluding hydrogens is 496 g/mol. The number of fused-ring (bicyclic) bond motifs is 2. The Hall–Kier alpha value is -3.79. The van der Waals surface area contributed by atoms with Crippen molar-refractivity contribution >= 4 is 65.9 Å². The number of allylic oxidation sites excluding steroid dienone is 1. The van der Waals surface area contributed by atoms with Gasteiger partial charge in [-0.1, -0.05) is 54.6 Å². The number of halogens is 1. The average molecular weight is 511 g/mol. The molecule has 1 heterocycles. The van der Waals surface area contributed by atoms with Gasteiger partial charge in [-0.3, -0.25) is 0 Å². The summed E-state index contributed by atoms with van der Waals surface area (Å²) < 4.78 is 7.32. The second-order valence-electron chi connectivity index (χ2n) is 7.26. The summed E-state index contributed by atoms with van der Waals surface area (Å²) in [5.41, 5.74) is 2.65. The van der Waals surface area contributed by atoms with Gasteiger partial charge in [0.15, 0.2) is 0 Å². The molecule has 0 amide bonds. The van der Waals surface area contributed by atoms with Gasteiger partial charge in [-0.05, 0) is 68.7 Å². The summed E-state index contributed by atoms with van der Waals surface area (Å²) in [5, 5.41) is 12.2. The summed E-state index contributed by atoms with van der Waals surface area (Å²) in [6.07, 6.45) is 1.78. The third-order valence-corrected chi connectivity index (χ3v) is 6.81. The second-order valence-corrected chi connectivity index (χ2v) is 9.15. The molecule has 0 aliphatic heterocycles. The van der Waals surface area contributed by atoms with E-state index in [-0.39, 0.29) is 0 Å². The maximum Gasteiger partial charge on any atom is 0.344 e. The van der Waals surface area contributed by atoms with Crippen LogP contribution in [0, 0.1) is 11.3 Å². The molecule has 4 aromatic carbocycles. The SMILES string of the molecule is N#C/C(=C/c1ccc(OC(=O)c2cccc3ccccc23)c(Br)c1)c1nc2ccccc2s1. The first kappa shape index (κ1) is 21.1. The molecule has 5 rings (SSSR count). The summed E-state index contributed by atoms with van der Waals surface area (Å²) in [6, 6.07) is 28.6. The van der Waals surface area contributed by atoms with Crippen LogP contribution in [0.5, 0.6) is 5.75 Å². The lowest BCUT2D eigenvalue weighted by Crippen LogP contribution is -2.09. The highest BCUT2D eigenvalue weighted by atomic mass is 79.9. The van der Waals surface area contributed by atoms with Gasteiger partial charge in [0.05, 0.1) is 25.8 Å². The zero-order valence-electron chi connectivity index (χ0n) is 17.2. The number of thiazole rings is 1. The largest absolute Gasteiger partial charge is 0.422 e. The Morgan fingerprint density at radius 1 is 1.00 bits per heavy atom. The fourth-order valence-electron chi connectivity index (χ4n) is 3.54. The minimum atomic E-state index is -0.428. The lowest BCUT2D eigenvalue weighted by Gasteiger charge is -2.09. The maximum atomic E-state index is 12.9. The third-order valence-electron chi connectivity index (χ3n) is 5.12. The van der Waals surface area contributed by atoms with Crippen LogP contribution in [-0.2, 0) is 0 Å². The van der Waals surface area contributed by atoms with Gasteiger partial charge in [0, 0.05) is 0 Å². The minimum Gasteiger partial charge on any atom is -0.422 e. The smallest absolute Gasteiger partial charge is 0.344 e. The number of aromatic nitrogens is 1. The predicted octanol–water partition coefficient (Wildman–Crippen LogP) is 7.50. The molecule has 0 saturated heterocycles. The van der Waals surface area contributed by atoms with Crippen molar-refractivity contribution < 1.29 is 9.53 Å². The lowest BCUT2D eigenvalue weighted by atomic mass is 10.0. The number of ether oxygens (including phenoxy) is 1. The molecule has 0 unspecified atom stereocenters. The quantitative estimate of drug-likeness (QED) is 0.142. The molecule has 158 valence electrons. The number of para-hydroxylation sites is 1. The highest BCUT2D eigenvalue weighted by molar-refractivity contribution is 9.10. The van der Waals surface area contributed by atoms with E-state index in [1.807, 2.05) is 66.7 Å². The first-order valence-electron chi connectivity index (χ1n) is 10.1. The van der Waals surface area contributed by atoms with Gasteiger partial charge >= 0.3 is 5.97 Å². The van der Waals surface area contributed by atoms with E-state index in [0.29, 0.717) is 26.4 Å². The number of rotatable bonds is 4. The zero-order chi connectivity index (χ0) is 22.8. The van der Waals surface area contributed by atoms with Gasteiger partial charge in [-0.25, -0.2) is 9.78 Å². The van der Waals surface area contributed by atoms with Crippen LogP contribution in [0.15, 0.2) is 89.4 Å². The van der Waals surface area contributed by atoms with Crippen LogP contribution in [0.3, 0.4) is 0 Å². The fraction of sp³-hybridized carbons (Fsp3) is 0. The van der Waals surface area contributed by atoms with E-state index in [2.05, 4.69) is 27.0 Å². The number of nitrogens with zero attached hydrogens (tertiary/aromatic N) is 2. The van der Waals surface area contributed by atoms with E-state index in [9.17, 15) is 10.1 Å². The van der Waals surface area contributed by atoms with Crippen LogP contribution in [0.25, 0.3) is 32.6 Å². The van der Waals surface area contributed by atoms with Crippen LogP contribution in [0.2, 0.25) is 0 Å². The monoisotopic (exact) mass is 510 g/mol. The van der Waals surface area contributed by atoms with Gasteiger partial charge in [0.2, 0.25) is 0 Å². The molecule has 0 bridgehead atoms. The molecule has 1 aromatic heterocycles. The van der Waals surface area contributed by atoms with Crippen LogP contribution in [0.1, 0.15) is 20.9 Å². The number of carbonyl (C=O) groups excluding carboxylic acids is 1. The van der Waals surface area contributed by atoms with Crippen LogP contribution < -0.4 is 4.74 Å². The Bertz CT molecular complexity index is 1560. The molecule has 0 spiro atoms. The van der Waals surface area contributed by atoms with Gasteiger partial charge in [0.1, 0.15) is 16.8 Å². The normalized spacial score (nSPS) is 11.5. The van der Waals surface area contributed by atoms with Crippen molar-refractivity contribution in [2.75, 3.05) is 0 Å². The molecule has 0 fully saturated rings. The van der Waals surface area contributed by atoms with E-state index in [1.54, 1.807) is 24.3 Å². The Kier molecular flexibility index (Phi) is 5.74. The highest BCUT2D eigenvalue weighted by Crippen LogP contribution is 2.31. The van der Waals surface area contributed by atoms with Crippen molar-refractivity contribution in [1.29, 1.82) is 5.26 Å². The summed E-state index contributed by atoms with van der Waals surface area (Å²) >= 11 is 4.97. The van der Waals surface area contributed by atoms with Crippen LogP contribution in [-0.4, -0.2) is 11.0 Å². The number of nitriles is 1. The molecule has 0 aliphatic carbocycles. The Morgan fingerprint density at radius 2 is 1.79 bits per heavy atom. The number of hydrogen-bond acceptors (Lipinski definition) is 5. The molecule has 5 aromatic rings. The number of esters is 1. The average Bonchev–Trinajstić information content (AvgIpc) is 3.28. The van der Waals surface area contributed by atoms with Crippen LogP contribution >= 0.6 is 27.3 Å². The Morgan fingerprint density at radius 3 is 2.61 bits per heavy atom. The molecule has 4 nitrogen and oxygen atoms in total. The fourth-order valence-corrected chi connectivity index (χ4v) is 4.95. The van der Waals surface area contributed by atoms with Crippen molar-refractivity contribution in [2.24, 2.45) is 0 Å². The summed E-state index contributed by atoms with van der Waals surface area (Å²) in [5.74, 6) is -0.0217. The van der Waals surface area contributed by atoms with Crippen LogP contribution in [0.4, 0.5) is 0 Å². The van der Waals surface area contributed by atoms with E-state index < -0.39 is 5.97 Å². The van der Waals surface area contributed by atoms with Gasteiger partial charge < -0.3 is 4.74 Å². The zero-order valence-corrected chi connectivity index (χ0v) is 19.6. The first-order chi connectivity index (χ1) is 16.1. The van der Waals surface area contributed by atoms with Crippen molar-refractivity contribution in [3.05, 3.63) is 106 Å². The first-order valence-corrected chi connectivity index (χ1v) is 11.7. The molecule has 0 aliphatic rings. The van der Waals surface area contributed by atoms with Gasteiger partial charge in [-0.15, -0.1) is 11.3 Å². The second kappa shape index (κ2) is 8.99. The lowest BCUT2D eigenvalue weighted by molar-refractivity contribution is 0.0735. The Balaban J connectivity index is 1.42. The van der Waals surface area contributed by atoms with Crippen molar-refractivity contribution in [2.45, 2.75) is 0 Å². The van der Waals surface area contributed by atoms with Gasteiger partial charge in [0.25, 0.3) is 0 Å². The molecule has 0 radical (unpaired) electrons. The molecule has 0 saturated carbocycles. The van der Waals surface area contributed by atoms with E-state index in [1.165, 1.54) is 11.3 Å². The van der Waals surface area contributed by atoms with Gasteiger partial charge in [-0.2, -0.15) is 5.26 Å². The van der Waals surface area contributed by atoms with Crippen molar-refractivity contribution in [1.82, 2.24) is 4.98 Å². The number of carbonyl (C=O) groups is 1. The van der Waals surface area contributed by atoms with E-state index >= 15 is 0 Å². The van der Waals surface area contributed by atoms with Crippen molar-refractivity contribution in [3.63, 3.8) is 0 Å². The maximum absolute atomic E-state index is 12.9. The Labute approximate surface area is 202 Å². The molecule has 33 heavy (non-hydrogen) atoms. The third kappa shape index (κ3) is 4.29. The minimum absolute atomic E-state index is 0.406. The molecule has 0 atom stereocenters. The molecular formula is C27H15BrN2O2S. The van der Waals surface area contributed by atoms with E-state index in [4.69, 9.17) is 4.74 Å². The topological polar surface area (TPSA) is 63.0 Å². The van der Waals surface area contributed by atoms with Crippen molar-refractivity contribution in [3.8, 4) is 11.8 Å². The number of hydrogen-bond donors (Lipinski definition) is 0. The highest BCUT2D eigenvalue weighted by Gasteiger charge is 2.15. The predicted molar refractivity (Wildman–Crippen MR) is 136 cm³/mol. The van der Waals surface area contributed by atoms with E-state index in [0.717, 1.165) is 26.6 Å². The molecule has 6 heteroatoms.